The molecule has 15 heteroatoms. The van der Waals surface area contributed by atoms with Crippen LogP contribution in [-0.4, -0.2) is 68.1 Å². The number of hydrogen-bond acceptors (Lipinski definition) is 15. The van der Waals surface area contributed by atoms with Gasteiger partial charge in [-0.1, -0.05) is 30.6 Å². The lowest BCUT2D eigenvalue weighted by Gasteiger charge is -2.11. The second-order valence-electron chi connectivity index (χ2n) is 12.0. The summed E-state index contributed by atoms with van der Waals surface area (Å²) in [6.07, 6.45) is 5.01. The predicted octanol–water partition coefficient (Wildman–Crippen LogP) is 7.23. The number of esters is 4. The van der Waals surface area contributed by atoms with E-state index in [0.29, 0.717) is 71.3 Å². The summed E-state index contributed by atoms with van der Waals surface area (Å²) in [4.78, 5) is 52.8. The summed E-state index contributed by atoms with van der Waals surface area (Å²) >= 11 is 1.36. The van der Waals surface area contributed by atoms with Crippen molar-refractivity contribution in [2.45, 2.75) is 19.3 Å². The summed E-state index contributed by atoms with van der Waals surface area (Å²) in [7, 11) is 0. The lowest BCUT2D eigenvalue weighted by molar-refractivity contribution is -0.138. The van der Waals surface area contributed by atoms with Gasteiger partial charge in [-0.25, -0.2) is 24.2 Å². The second-order valence-corrected chi connectivity index (χ2v) is 13.1. The predicted molar refractivity (Wildman–Crippen MR) is 216 cm³/mol. The van der Waals surface area contributed by atoms with Crippen molar-refractivity contribution < 1.29 is 47.6 Å². The van der Waals surface area contributed by atoms with Gasteiger partial charge in [-0.3, -0.25) is 5.43 Å². The van der Waals surface area contributed by atoms with Crippen molar-refractivity contribution in [1.29, 1.82) is 5.26 Å². The zero-order chi connectivity index (χ0) is 41.1. The third kappa shape index (κ3) is 12.9. The number of hydrogen-bond donors (Lipinski definition) is 1. The van der Waals surface area contributed by atoms with Crippen molar-refractivity contribution in [1.82, 2.24) is 4.98 Å². The van der Waals surface area contributed by atoms with Gasteiger partial charge in [0.05, 0.1) is 72.2 Å². The molecule has 14 nitrogen and oxygen atoms in total. The molecular formula is C43H38N4O10S. The molecule has 0 aliphatic rings. The highest BCUT2D eigenvalue weighted by Gasteiger charge is 2.14. The van der Waals surface area contributed by atoms with Crippen LogP contribution in [0.2, 0.25) is 0 Å². The van der Waals surface area contributed by atoms with Gasteiger partial charge in [-0.05, 0) is 84.4 Å². The van der Waals surface area contributed by atoms with Gasteiger partial charge in [-0.2, -0.15) is 10.4 Å². The molecule has 0 spiro atoms. The molecular weight excluding hydrogens is 765 g/mol. The van der Waals surface area contributed by atoms with Gasteiger partial charge >= 0.3 is 23.9 Å². The van der Waals surface area contributed by atoms with Crippen LogP contribution in [0, 0.1) is 11.3 Å². The molecule has 0 unspecified atom stereocenters. The zero-order valence-corrected chi connectivity index (χ0v) is 32.0. The molecule has 0 saturated carbocycles. The molecule has 0 fully saturated rings. The number of benzene rings is 4. The van der Waals surface area contributed by atoms with Crippen LogP contribution in [0.3, 0.4) is 0 Å². The second kappa shape index (κ2) is 21.7. The van der Waals surface area contributed by atoms with Crippen LogP contribution in [0.1, 0.15) is 50.2 Å². The Morgan fingerprint density at radius 3 is 1.97 bits per heavy atom. The number of thiazole rings is 1. The van der Waals surface area contributed by atoms with Gasteiger partial charge in [0, 0.05) is 37.0 Å². The van der Waals surface area contributed by atoms with Gasteiger partial charge < -0.3 is 28.4 Å². The Hall–Kier alpha value is -7.31. The number of fused-ring (bicyclic) bond motifs is 1. The summed E-state index contributed by atoms with van der Waals surface area (Å²) < 4.78 is 33.3. The highest BCUT2D eigenvalue weighted by molar-refractivity contribution is 7.22. The number of nitrogens with one attached hydrogen (secondary N) is 1. The SMILES string of the molecule is C=CC(=O)OCCCOc1ccc(C(=O)OCCc2ccc(OC(=O)c3ccc(OCCCOC(=O)C=C)cc3)c(/C=N/Nc3nc4cc(C#N)ccc4s3)c2)cc1. The first-order chi connectivity index (χ1) is 28.2. The lowest BCUT2D eigenvalue weighted by Crippen LogP contribution is -2.11. The van der Waals surface area contributed by atoms with Gasteiger partial charge in [-0.15, -0.1) is 0 Å². The highest BCUT2D eigenvalue weighted by Crippen LogP contribution is 2.27. The quantitative estimate of drug-likeness (QED) is 0.0149. The van der Waals surface area contributed by atoms with Crippen molar-refractivity contribution in [3.05, 3.63) is 138 Å². The van der Waals surface area contributed by atoms with E-state index in [1.165, 1.54) is 17.6 Å². The van der Waals surface area contributed by atoms with Crippen molar-refractivity contribution >= 4 is 56.8 Å². The normalized spacial score (nSPS) is 10.6. The molecule has 296 valence electrons. The molecule has 0 radical (unpaired) electrons. The minimum absolute atomic E-state index is 0.0687. The molecule has 4 aromatic carbocycles. The first-order valence-corrected chi connectivity index (χ1v) is 18.7. The summed E-state index contributed by atoms with van der Waals surface area (Å²) in [5.74, 6) is -0.810. The molecule has 0 aliphatic heterocycles. The molecule has 1 N–H and O–H groups in total. The maximum absolute atomic E-state index is 13.2. The fourth-order valence-corrected chi connectivity index (χ4v) is 5.78. The maximum atomic E-state index is 13.2. The number of carbonyl (C=O) groups is 4. The first-order valence-electron chi connectivity index (χ1n) is 17.9. The van der Waals surface area contributed by atoms with Crippen LogP contribution in [-0.2, 0) is 30.2 Å². The van der Waals surface area contributed by atoms with Gasteiger partial charge in [0.1, 0.15) is 17.2 Å². The number of anilines is 1. The molecule has 0 atom stereocenters. The van der Waals surface area contributed by atoms with Crippen LogP contribution in [0.4, 0.5) is 5.13 Å². The number of ether oxygens (including phenoxy) is 6. The smallest absolute Gasteiger partial charge is 0.343 e. The molecule has 1 aromatic heterocycles. The standard InChI is InChI=1S/C43H38N4O10S/c1-3-39(48)54-22-5-20-52-34-13-9-31(10-14-34)41(50)56-24-19-29-7-17-37(33(25-29)28-45-47-43-46-36-26-30(27-44)8-18-38(36)58-43)57-42(51)32-11-15-35(16-12-32)53-21-6-23-55-40(49)4-2/h3-4,7-18,25-26,28H,1-2,5-6,19-24H2,(H,46,47)/b45-28+. The molecule has 0 amide bonds. The molecule has 0 aliphatic carbocycles. The Morgan fingerprint density at radius 2 is 1.36 bits per heavy atom. The molecule has 0 saturated heterocycles. The fourth-order valence-electron chi connectivity index (χ4n) is 4.99. The van der Waals surface area contributed by atoms with E-state index in [4.69, 9.17) is 28.4 Å². The minimum atomic E-state index is -0.614. The monoisotopic (exact) mass is 802 g/mol. The Morgan fingerprint density at radius 1 is 0.741 bits per heavy atom. The maximum Gasteiger partial charge on any atom is 0.343 e. The largest absolute Gasteiger partial charge is 0.493 e. The van der Waals surface area contributed by atoms with E-state index >= 15 is 0 Å². The number of rotatable bonds is 21. The van der Waals surface area contributed by atoms with Crippen LogP contribution in [0.15, 0.2) is 115 Å². The third-order valence-electron chi connectivity index (χ3n) is 7.90. The van der Waals surface area contributed by atoms with Gasteiger partial charge in [0.2, 0.25) is 5.13 Å². The summed E-state index contributed by atoms with van der Waals surface area (Å²) in [6.45, 7) is 7.79. The number of carbonyl (C=O) groups excluding carboxylic acids is 4. The topological polar surface area (TPSA) is 185 Å². The number of nitrogens with zero attached hydrogens (tertiary/aromatic N) is 3. The third-order valence-corrected chi connectivity index (χ3v) is 8.84. The minimum Gasteiger partial charge on any atom is -0.493 e. The van der Waals surface area contributed by atoms with E-state index < -0.39 is 23.9 Å². The zero-order valence-electron chi connectivity index (χ0n) is 31.2. The molecule has 5 aromatic rings. The van der Waals surface area contributed by atoms with E-state index in [9.17, 15) is 24.4 Å². The molecule has 5 rings (SSSR count). The van der Waals surface area contributed by atoms with E-state index in [2.05, 4.69) is 34.7 Å². The van der Waals surface area contributed by atoms with Crippen molar-refractivity contribution in [3.8, 4) is 23.3 Å². The van der Waals surface area contributed by atoms with Crippen LogP contribution in [0.25, 0.3) is 10.2 Å². The Kier molecular flexibility index (Phi) is 15.7. The van der Waals surface area contributed by atoms with E-state index in [-0.39, 0.29) is 31.1 Å². The molecule has 1 heterocycles. The summed E-state index contributed by atoms with van der Waals surface area (Å²) in [5, 5.41) is 14.1. The molecule has 0 bridgehead atoms. The average Bonchev–Trinajstić information content (AvgIpc) is 3.66. The number of nitriles is 1. The van der Waals surface area contributed by atoms with Crippen LogP contribution >= 0.6 is 11.3 Å². The number of aromatic nitrogens is 1. The van der Waals surface area contributed by atoms with E-state index in [1.807, 2.05) is 6.07 Å². The summed E-state index contributed by atoms with van der Waals surface area (Å²) in [6, 6.07) is 25.4. The Bertz CT molecular complexity index is 2310. The van der Waals surface area contributed by atoms with E-state index in [0.717, 1.165) is 22.4 Å². The van der Waals surface area contributed by atoms with Crippen molar-refractivity contribution in [2.75, 3.05) is 38.5 Å². The Labute approximate surface area is 337 Å². The average molecular weight is 803 g/mol. The summed E-state index contributed by atoms with van der Waals surface area (Å²) in [5.41, 5.74) is 5.92. The Balaban J connectivity index is 1.20. The van der Waals surface area contributed by atoms with Crippen LogP contribution in [0.5, 0.6) is 17.2 Å². The van der Waals surface area contributed by atoms with E-state index in [1.54, 1.807) is 78.9 Å². The number of hydrazone groups is 1. The highest BCUT2D eigenvalue weighted by atomic mass is 32.1. The van der Waals surface area contributed by atoms with Gasteiger partial charge in [0.15, 0.2) is 0 Å². The van der Waals surface area contributed by atoms with Crippen molar-refractivity contribution in [2.24, 2.45) is 5.10 Å². The molecule has 58 heavy (non-hydrogen) atoms. The van der Waals surface area contributed by atoms with Crippen molar-refractivity contribution in [3.63, 3.8) is 0 Å². The fraction of sp³-hybridized carbons (Fsp3) is 0.186. The first kappa shape index (κ1) is 41.8. The lowest BCUT2D eigenvalue weighted by atomic mass is 10.1. The van der Waals surface area contributed by atoms with Gasteiger partial charge in [0.25, 0.3) is 0 Å². The van der Waals surface area contributed by atoms with Crippen LogP contribution < -0.4 is 19.6 Å².